The second-order valence-electron chi connectivity index (χ2n) is 6.33. The third-order valence-corrected chi connectivity index (χ3v) is 4.43. The van der Waals surface area contributed by atoms with Gasteiger partial charge in [0.1, 0.15) is 0 Å². The first kappa shape index (κ1) is 12.7. The number of aliphatic imine (C=N–C) groups is 1. The number of nitrogens with zero attached hydrogens (tertiary/aromatic N) is 2. The van der Waals surface area contributed by atoms with Crippen LogP contribution in [0.5, 0.6) is 0 Å². The van der Waals surface area contributed by atoms with Crippen molar-refractivity contribution in [2.45, 2.75) is 46.0 Å². The summed E-state index contributed by atoms with van der Waals surface area (Å²) in [6.07, 6.45) is 6.69. The molecule has 0 aromatic rings. The third-order valence-electron chi connectivity index (χ3n) is 4.43. The lowest BCUT2D eigenvalue weighted by Crippen LogP contribution is -2.46. The van der Waals surface area contributed by atoms with Crippen LogP contribution < -0.4 is 5.32 Å². The standard InChI is InChI=1S/C14H27N3/c1-12-5-7-14(2,8-6-12)11-16-13-15-9-4-10-17(13)3/h12H,4-11H2,1-3H3,(H,15,16). The van der Waals surface area contributed by atoms with E-state index in [0.717, 1.165) is 31.5 Å². The van der Waals surface area contributed by atoms with Crippen LogP contribution in [0.15, 0.2) is 4.99 Å². The molecule has 3 heteroatoms. The van der Waals surface area contributed by atoms with Gasteiger partial charge in [-0.15, -0.1) is 0 Å². The molecule has 0 aromatic heterocycles. The maximum absolute atomic E-state index is 4.57. The molecule has 1 heterocycles. The molecule has 1 aliphatic carbocycles. The van der Waals surface area contributed by atoms with Gasteiger partial charge in [0.2, 0.25) is 0 Å². The van der Waals surface area contributed by atoms with Gasteiger partial charge in [0.05, 0.1) is 0 Å². The van der Waals surface area contributed by atoms with Crippen LogP contribution in [0, 0.1) is 11.3 Å². The smallest absolute Gasteiger partial charge is 0.193 e. The second-order valence-corrected chi connectivity index (χ2v) is 6.33. The predicted molar refractivity (Wildman–Crippen MR) is 73.3 cm³/mol. The average molecular weight is 237 g/mol. The minimum atomic E-state index is 0.479. The number of rotatable bonds is 2. The summed E-state index contributed by atoms with van der Waals surface area (Å²) in [4.78, 5) is 6.82. The maximum Gasteiger partial charge on any atom is 0.193 e. The Morgan fingerprint density at radius 1 is 1.41 bits per heavy atom. The molecule has 1 aliphatic heterocycles. The molecule has 0 saturated heterocycles. The number of hydrogen-bond donors (Lipinski definition) is 1. The topological polar surface area (TPSA) is 27.6 Å². The molecule has 2 aliphatic rings. The van der Waals surface area contributed by atoms with Crippen LogP contribution >= 0.6 is 0 Å². The van der Waals surface area contributed by atoms with Gasteiger partial charge >= 0.3 is 0 Å². The SMILES string of the molecule is CC1CCC(C)(CNC2=NCCCN2C)CC1. The van der Waals surface area contributed by atoms with E-state index < -0.39 is 0 Å². The van der Waals surface area contributed by atoms with E-state index in [1.807, 2.05) is 0 Å². The lowest BCUT2D eigenvalue weighted by molar-refractivity contribution is 0.178. The molecule has 3 nitrogen and oxygen atoms in total. The molecule has 98 valence electrons. The van der Waals surface area contributed by atoms with Crippen LogP contribution in [0.25, 0.3) is 0 Å². The highest BCUT2D eigenvalue weighted by molar-refractivity contribution is 5.80. The molecule has 17 heavy (non-hydrogen) atoms. The van der Waals surface area contributed by atoms with E-state index in [1.165, 1.54) is 32.1 Å². The average Bonchev–Trinajstić information content (AvgIpc) is 2.33. The molecule has 0 unspecified atom stereocenters. The van der Waals surface area contributed by atoms with Crippen molar-refractivity contribution in [1.29, 1.82) is 0 Å². The lowest BCUT2D eigenvalue weighted by Gasteiger charge is -2.38. The zero-order chi connectivity index (χ0) is 12.3. The summed E-state index contributed by atoms with van der Waals surface area (Å²) in [6, 6.07) is 0. The number of guanidine groups is 1. The molecule has 0 spiro atoms. The molecule has 2 rings (SSSR count). The van der Waals surface area contributed by atoms with Crippen LogP contribution in [0.2, 0.25) is 0 Å². The van der Waals surface area contributed by atoms with E-state index in [0.29, 0.717) is 5.41 Å². The Bertz CT molecular complexity index is 277. The summed E-state index contributed by atoms with van der Waals surface area (Å²) < 4.78 is 0. The zero-order valence-corrected chi connectivity index (χ0v) is 11.6. The van der Waals surface area contributed by atoms with Crippen molar-refractivity contribution < 1.29 is 0 Å². The summed E-state index contributed by atoms with van der Waals surface area (Å²) >= 11 is 0. The zero-order valence-electron chi connectivity index (χ0n) is 11.6. The van der Waals surface area contributed by atoms with Crippen LogP contribution in [0.1, 0.15) is 46.0 Å². The predicted octanol–water partition coefficient (Wildman–Crippen LogP) is 2.48. The fraction of sp³-hybridized carbons (Fsp3) is 0.929. The van der Waals surface area contributed by atoms with Gasteiger partial charge in [-0.05, 0) is 30.6 Å². The van der Waals surface area contributed by atoms with Crippen LogP contribution in [0.4, 0.5) is 0 Å². The van der Waals surface area contributed by atoms with Crippen molar-refractivity contribution in [1.82, 2.24) is 10.2 Å². The fourth-order valence-corrected chi connectivity index (χ4v) is 2.84. The monoisotopic (exact) mass is 237 g/mol. The Hall–Kier alpha value is -0.730. The Balaban J connectivity index is 1.83. The first-order valence-corrected chi connectivity index (χ1v) is 7.08. The van der Waals surface area contributed by atoms with Crippen molar-refractivity contribution in [2.24, 2.45) is 16.3 Å². The van der Waals surface area contributed by atoms with Gasteiger partial charge in [-0.3, -0.25) is 4.99 Å². The van der Waals surface area contributed by atoms with E-state index in [2.05, 4.69) is 36.1 Å². The van der Waals surface area contributed by atoms with Gasteiger partial charge in [-0.2, -0.15) is 0 Å². The normalized spacial score (nSPS) is 34.4. The first-order chi connectivity index (χ1) is 8.09. The van der Waals surface area contributed by atoms with Crippen molar-refractivity contribution in [3.05, 3.63) is 0 Å². The highest BCUT2D eigenvalue weighted by Gasteiger charge is 2.29. The van der Waals surface area contributed by atoms with Gasteiger partial charge in [-0.25, -0.2) is 0 Å². The molecule has 0 amide bonds. The Kier molecular flexibility index (Phi) is 3.95. The molecule has 0 radical (unpaired) electrons. The molecule has 1 N–H and O–H groups in total. The van der Waals surface area contributed by atoms with E-state index in [9.17, 15) is 0 Å². The van der Waals surface area contributed by atoms with Crippen molar-refractivity contribution >= 4 is 5.96 Å². The van der Waals surface area contributed by atoms with Gasteiger partial charge in [0.25, 0.3) is 0 Å². The van der Waals surface area contributed by atoms with Gasteiger partial charge < -0.3 is 10.2 Å². The van der Waals surface area contributed by atoms with Crippen LogP contribution in [0.3, 0.4) is 0 Å². The quantitative estimate of drug-likeness (QED) is 0.799. The molecule has 1 fully saturated rings. The molecule has 0 aromatic carbocycles. The van der Waals surface area contributed by atoms with E-state index >= 15 is 0 Å². The van der Waals surface area contributed by atoms with Gasteiger partial charge in [-0.1, -0.05) is 26.7 Å². The Labute approximate surface area is 106 Å². The van der Waals surface area contributed by atoms with Gasteiger partial charge in [0.15, 0.2) is 5.96 Å². The summed E-state index contributed by atoms with van der Waals surface area (Å²) in [5.74, 6) is 2.04. The third kappa shape index (κ3) is 3.36. The summed E-state index contributed by atoms with van der Waals surface area (Å²) in [5.41, 5.74) is 0.479. The minimum absolute atomic E-state index is 0.479. The number of nitrogens with one attached hydrogen (secondary N) is 1. The second kappa shape index (κ2) is 5.28. The molecular weight excluding hydrogens is 210 g/mol. The molecule has 0 bridgehead atoms. The van der Waals surface area contributed by atoms with Gasteiger partial charge in [0, 0.05) is 26.7 Å². The van der Waals surface area contributed by atoms with E-state index in [1.54, 1.807) is 0 Å². The molecule has 1 saturated carbocycles. The van der Waals surface area contributed by atoms with Crippen molar-refractivity contribution in [2.75, 3.05) is 26.7 Å². The van der Waals surface area contributed by atoms with E-state index in [-0.39, 0.29) is 0 Å². The lowest BCUT2D eigenvalue weighted by atomic mass is 9.72. The Morgan fingerprint density at radius 3 is 2.76 bits per heavy atom. The first-order valence-electron chi connectivity index (χ1n) is 7.08. The molecule has 0 atom stereocenters. The molecular formula is C14H27N3. The summed E-state index contributed by atoms with van der Waals surface area (Å²) in [6.45, 7) is 8.02. The largest absolute Gasteiger partial charge is 0.356 e. The fourth-order valence-electron chi connectivity index (χ4n) is 2.84. The van der Waals surface area contributed by atoms with Crippen LogP contribution in [-0.2, 0) is 0 Å². The summed E-state index contributed by atoms with van der Waals surface area (Å²) in [5, 5.41) is 3.57. The van der Waals surface area contributed by atoms with Crippen LogP contribution in [-0.4, -0.2) is 37.5 Å². The maximum atomic E-state index is 4.57. The number of hydrogen-bond acceptors (Lipinski definition) is 3. The highest BCUT2D eigenvalue weighted by Crippen LogP contribution is 2.37. The highest BCUT2D eigenvalue weighted by atomic mass is 15.3. The Morgan fingerprint density at radius 2 is 2.12 bits per heavy atom. The minimum Gasteiger partial charge on any atom is -0.356 e. The summed E-state index contributed by atoms with van der Waals surface area (Å²) in [7, 11) is 2.14. The van der Waals surface area contributed by atoms with Crippen molar-refractivity contribution in [3.63, 3.8) is 0 Å². The van der Waals surface area contributed by atoms with Crippen molar-refractivity contribution in [3.8, 4) is 0 Å². The van der Waals surface area contributed by atoms with E-state index in [4.69, 9.17) is 0 Å².